The van der Waals surface area contributed by atoms with Gasteiger partial charge in [0.15, 0.2) is 65.0 Å². The van der Waals surface area contributed by atoms with Crippen molar-refractivity contribution in [2.45, 2.75) is 67.3 Å². The number of aromatic hydroxyl groups is 6. The Hall–Kier alpha value is -7.41. The number of phenolic OH excluding ortho intramolecular Hbond substituents is 6. The van der Waals surface area contributed by atoms with Gasteiger partial charge in [0.25, 0.3) is 0 Å². The minimum absolute atomic E-state index is 0.0662. The van der Waals surface area contributed by atoms with E-state index in [9.17, 15) is 90.4 Å². The lowest BCUT2D eigenvalue weighted by molar-refractivity contribution is -0.211. The molecule has 1 fully saturated rings. The van der Waals surface area contributed by atoms with Crippen molar-refractivity contribution < 1.29 is 114 Å². The standard InChI is InChI=1S/C43H42O23/c44-14-28(52)37-39(65-33(54)6-2-16-1-4-21(45)23(47)7-16)31(13-32(63-37)41(58)59)64-43(61)35-20(42(60)66-38-30(12-27(51)40(56)57)62-15-29(53)36(38)55)8-18-10-25(49)26(50)11-19(18)34(35)17-3-5-22(46)24(48)9-17/h1-11,13,27-31,34-39,44-53,55H,12,14-15H2,(H,56,57)(H,58,59)/t27-,28+,29+,30+,31-,34-,35-,36+,37-,38+,39-/m1/s1. The van der Waals surface area contributed by atoms with Crippen LogP contribution in [-0.4, -0.2) is 164 Å². The van der Waals surface area contributed by atoms with Crippen LogP contribution < -0.4 is 0 Å². The normalized spacial score (nSPS) is 25.8. The topological polar surface area (TPSA) is 394 Å². The van der Waals surface area contributed by atoms with E-state index >= 15 is 0 Å². The third kappa shape index (κ3) is 10.3. The molecular formula is C43H42O23. The first-order valence-corrected chi connectivity index (χ1v) is 19.6. The summed E-state index contributed by atoms with van der Waals surface area (Å²) in [6.07, 6.45) is -14.8. The summed E-state index contributed by atoms with van der Waals surface area (Å²) in [6.45, 7) is -1.73. The lowest BCUT2D eigenvalue weighted by Crippen LogP contribution is -2.56. The summed E-state index contributed by atoms with van der Waals surface area (Å²) in [4.78, 5) is 66.6. The third-order valence-corrected chi connectivity index (χ3v) is 10.8. The molecule has 1 aliphatic carbocycles. The van der Waals surface area contributed by atoms with E-state index in [2.05, 4.69) is 0 Å². The Morgan fingerprint density at radius 2 is 1.44 bits per heavy atom. The number of esters is 3. The van der Waals surface area contributed by atoms with Crippen LogP contribution in [0.4, 0.5) is 0 Å². The first kappa shape index (κ1) is 48.1. The molecule has 13 N–H and O–H groups in total. The number of carboxylic acid groups (broad SMARTS) is 2. The number of carboxylic acids is 2. The van der Waals surface area contributed by atoms with Crippen molar-refractivity contribution >= 4 is 42.0 Å². The lowest BCUT2D eigenvalue weighted by Gasteiger charge is -2.40. The van der Waals surface area contributed by atoms with E-state index in [0.717, 1.165) is 54.6 Å². The number of hydrogen-bond donors (Lipinski definition) is 13. The summed E-state index contributed by atoms with van der Waals surface area (Å²) in [5, 5.41) is 133. The minimum atomic E-state index is -2.13. The minimum Gasteiger partial charge on any atom is -0.504 e. The molecule has 0 spiro atoms. The second-order valence-electron chi connectivity index (χ2n) is 15.2. The van der Waals surface area contributed by atoms with Crippen LogP contribution >= 0.6 is 0 Å². The quantitative estimate of drug-likeness (QED) is 0.0407. The SMILES string of the molecule is O=C(C=Cc1ccc(O)c(O)c1)O[C@H]1[C@@H]([C@@H](O)CO)OC(C(=O)O)=C[C@H]1OC(=O)[C@@H]1C(C(=O)O[C@@H]2[C@@H](O)[C@@H](O)CO[C@H]2C[C@@H](O)C(=O)O)=Cc2cc(O)c(O)cc2[C@H]1c1ccc(O)c(O)c1. The Morgan fingerprint density at radius 1 is 0.788 bits per heavy atom. The number of carbonyl (C=O) groups is 5. The van der Waals surface area contributed by atoms with Gasteiger partial charge in [-0.05, 0) is 70.8 Å². The lowest BCUT2D eigenvalue weighted by atomic mass is 9.71. The van der Waals surface area contributed by atoms with Gasteiger partial charge in [0.1, 0.15) is 24.4 Å². The number of benzene rings is 3. The summed E-state index contributed by atoms with van der Waals surface area (Å²) >= 11 is 0. The van der Waals surface area contributed by atoms with E-state index in [1.54, 1.807) is 0 Å². The third-order valence-electron chi connectivity index (χ3n) is 10.8. The van der Waals surface area contributed by atoms with E-state index in [4.69, 9.17) is 23.7 Å². The molecule has 352 valence electrons. The van der Waals surface area contributed by atoms with Gasteiger partial charge in [-0.15, -0.1) is 0 Å². The fraction of sp³-hybridized carbons (Fsp3) is 0.326. The highest BCUT2D eigenvalue weighted by Crippen LogP contribution is 2.48. The summed E-state index contributed by atoms with van der Waals surface area (Å²) < 4.78 is 27.7. The highest BCUT2D eigenvalue weighted by Gasteiger charge is 2.50. The first-order valence-electron chi connectivity index (χ1n) is 19.6. The molecule has 2 aliphatic heterocycles. The van der Waals surface area contributed by atoms with E-state index in [0.29, 0.717) is 6.08 Å². The predicted octanol–water partition coefficient (Wildman–Crippen LogP) is -0.809. The predicted molar refractivity (Wildman–Crippen MR) is 215 cm³/mol. The number of fused-ring (bicyclic) bond motifs is 1. The highest BCUT2D eigenvalue weighted by atomic mass is 16.6. The summed E-state index contributed by atoms with van der Waals surface area (Å²) in [7, 11) is 0. The average Bonchev–Trinajstić information content (AvgIpc) is 3.27. The van der Waals surface area contributed by atoms with E-state index < -0.39 is 162 Å². The number of aliphatic carboxylic acids is 2. The van der Waals surface area contributed by atoms with Crippen molar-refractivity contribution in [3.8, 4) is 34.5 Å². The molecule has 0 saturated carbocycles. The van der Waals surface area contributed by atoms with Gasteiger partial charge < -0.3 is 90.1 Å². The number of aliphatic hydroxyl groups excluding tert-OH is 5. The smallest absolute Gasteiger partial charge is 0.370 e. The van der Waals surface area contributed by atoms with Gasteiger partial charge in [0.05, 0.1) is 24.7 Å². The molecule has 23 heteroatoms. The number of carbonyl (C=O) groups excluding carboxylic acids is 3. The highest BCUT2D eigenvalue weighted by molar-refractivity contribution is 6.02. The Balaban J connectivity index is 1.47. The molecule has 0 aromatic heterocycles. The zero-order valence-electron chi connectivity index (χ0n) is 33.8. The van der Waals surface area contributed by atoms with Gasteiger partial charge in [-0.25, -0.2) is 19.2 Å². The fourth-order valence-corrected chi connectivity index (χ4v) is 7.52. The molecule has 66 heavy (non-hydrogen) atoms. The van der Waals surface area contributed by atoms with Crippen molar-refractivity contribution in [3.05, 3.63) is 94.3 Å². The molecule has 3 aromatic rings. The van der Waals surface area contributed by atoms with E-state index in [-0.39, 0.29) is 22.3 Å². The zero-order chi connectivity index (χ0) is 48.3. The first-order chi connectivity index (χ1) is 31.2. The molecule has 6 rings (SSSR count). The van der Waals surface area contributed by atoms with Crippen molar-refractivity contribution in [3.63, 3.8) is 0 Å². The van der Waals surface area contributed by atoms with Crippen LogP contribution in [0.25, 0.3) is 12.2 Å². The molecule has 2 heterocycles. The maximum atomic E-state index is 15.0. The van der Waals surface area contributed by atoms with Crippen molar-refractivity contribution in [2.24, 2.45) is 5.92 Å². The number of aliphatic hydroxyl groups is 5. The van der Waals surface area contributed by atoms with Crippen LogP contribution in [0.15, 0.2) is 72.0 Å². The molecule has 0 unspecified atom stereocenters. The summed E-state index contributed by atoms with van der Waals surface area (Å²) in [5.41, 5.74) is -0.834. The monoisotopic (exact) mass is 926 g/mol. The number of phenols is 6. The Labute approximate surface area is 370 Å². The van der Waals surface area contributed by atoms with Crippen molar-refractivity contribution in [1.82, 2.24) is 0 Å². The molecule has 0 radical (unpaired) electrons. The molecule has 11 atom stereocenters. The van der Waals surface area contributed by atoms with E-state index in [1.165, 1.54) is 12.1 Å². The van der Waals surface area contributed by atoms with Gasteiger partial charge in [0, 0.05) is 24.5 Å². The van der Waals surface area contributed by atoms with Crippen LogP contribution in [-0.2, 0) is 47.7 Å². The van der Waals surface area contributed by atoms with Crippen LogP contribution in [0.5, 0.6) is 34.5 Å². The van der Waals surface area contributed by atoms with Gasteiger partial charge in [0.2, 0.25) is 5.76 Å². The molecule has 23 nitrogen and oxygen atoms in total. The van der Waals surface area contributed by atoms with Gasteiger partial charge in [-0.2, -0.15) is 0 Å². The van der Waals surface area contributed by atoms with Crippen LogP contribution in [0.1, 0.15) is 34.6 Å². The largest absolute Gasteiger partial charge is 0.504 e. The Bertz CT molecular complexity index is 2480. The molecule has 1 saturated heterocycles. The van der Waals surface area contributed by atoms with Gasteiger partial charge in [-0.1, -0.05) is 12.1 Å². The number of rotatable bonds is 14. The second kappa shape index (κ2) is 19.8. The maximum Gasteiger partial charge on any atom is 0.370 e. The molecular weight excluding hydrogens is 884 g/mol. The van der Waals surface area contributed by atoms with E-state index in [1.807, 2.05) is 0 Å². The van der Waals surface area contributed by atoms with Crippen LogP contribution in [0.3, 0.4) is 0 Å². The number of ether oxygens (including phenoxy) is 5. The van der Waals surface area contributed by atoms with Crippen molar-refractivity contribution in [1.29, 1.82) is 0 Å². The fourth-order valence-electron chi connectivity index (χ4n) is 7.52. The van der Waals surface area contributed by atoms with Gasteiger partial charge >= 0.3 is 29.8 Å². The maximum absolute atomic E-state index is 15.0. The van der Waals surface area contributed by atoms with Gasteiger partial charge in [-0.3, -0.25) is 4.79 Å². The zero-order valence-corrected chi connectivity index (χ0v) is 33.8. The Kier molecular flexibility index (Phi) is 14.4. The summed E-state index contributed by atoms with van der Waals surface area (Å²) in [5.74, 6) is -16.5. The molecule has 3 aromatic carbocycles. The second-order valence-corrected chi connectivity index (χ2v) is 15.2. The Morgan fingerprint density at radius 3 is 2.08 bits per heavy atom. The molecule has 3 aliphatic rings. The van der Waals surface area contributed by atoms with Crippen molar-refractivity contribution in [2.75, 3.05) is 13.2 Å². The average molecular weight is 927 g/mol. The van der Waals surface area contributed by atoms with Crippen LogP contribution in [0.2, 0.25) is 0 Å². The number of hydrogen-bond acceptors (Lipinski definition) is 21. The summed E-state index contributed by atoms with van der Waals surface area (Å²) in [6, 6.07) is 8.53. The molecule has 0 amide bonds. The van der Waals surface area contributed by atoms with Crippen LogP contribution in [0, 0.1) is 5.92 Å². The molecule has 0 bridgehead atoms.